The highest BCUT2D eigenvalue weighted by atomic mass is 16.4. The third-order valence-corrected chi connectivity index (χ3v) is 6.93. The van der Waals surface area contributed by atoms with E-state index in [-0.39, 0.29) is 44.1 Å². The number of guanidine groups is 1. The Balaban J connectivity index is 2.16. The minimum atomic E-state index is -1.17. The molecule has 0 saturated carbocycles. The molecular formula is C29H47N9O5. The second-order valence-electron chi connectivity index (χ2n) is 11.1. The van der Waals surface area contributed by atoms with Crippen molar-refractivity contribution in [3.63, 3.8) is 0 Å². The molecule has 14 nitrogen and oxygen atoms in total. The summed E-state index contributed by atoms with van der Waals surface area (Å²) in [6, 6.07) is 3.50. The number of rotatable bonds is 19. The quantitative estimate of drug-likeness (QED) is 0.0586. The average Bonchev–Trinajstić information content (AvgIpc) is 3.35. The highest BCUT2D eigenvalue weighted by molar-refractivity contribution is 5.94. The lowest BCUT2D eigenvalue weighted by Crippen LogP contribution is -2.57. The van der Waals surface area contributed by atoms with Crippen LogP contribution in [0.15, 0.2) is 35.5 Å². The van der Waals surface area contributed by atoms with Gasteiger partial charge in [0.25, 0.3) is 0 Å². The minimum absolute atomic E-state index is 0.00364. The summed E-state index contributed by atoms with van der Waals surface area (Å²) < 4.78 is 0. The van der Waals surface area contributed by atoms with Crippen molar-refractivity contribution < 1.29 is 24.3 Å². The van der Waals surface area contributed by atoms with Crippen LogP contribution in [0.4, 0.5) is 0 Å². The van der Waals surface area contributed by atoms with E-state index in [4.69, 9.17) is 22.9 Å². The molecule has 13 N–H and O–H groups in total. The molecule has 0 fully saturated rings. The van der Waals surface area contributed by atoms with E-state index >= 15 is 0 Å². The van der Waals surface area contributed by atoms with Gasteiger partial charge in [0.1, 0.15) is 18.1 Å². The molecule has 0 spiro atoms. The number of fused-ring (bicyclic) bond motifs is 1. The number of aromatic amines is 1. The summed E-state index contributed by atoms with van der Waals surface area (Å²) in [5.74, 6) is -3.04. The van der Waals surface area contributed by atoms with E-state index in [1.54, 1.807) is 6.20 Å². The predicted octanol–water partition coefficient (Wildman–Crippen LogP) is -0.195. The Morgan fingerprint density at radius 3 is 2.19 bits per heavy atom. The van der Waals surface area contributed by atoms with Crippen LogP contribution in [0.5, 0.6) is 0 Å². The van der Waals surface area contributed by atoms with Gasteiger partial charge in [0.05, 0.1) is 6.04 Å². The summed E-state index contributed by atoms with van der Waals surface area (Å²) in [5.41, 5.74) is 24.3. The van der Waals surface area contributed by atoms with Crippen molar-refractivity contribution in [1.29, 1.82) is 0 Å². The zero-order valence-electron chi connectivity index (χ0n) is 25.0. The molecule has 0 bridgehead atoms. The standard InChI is InChI=1S/C29H47N9O5/c1-17(2)14-24(27(41)37-23(28(42)43)10-5-6-12-30)38-26(40)22(11-7-13-34-29(32)33)36-25(39)20(31)15-18-16-35-21-9-4-3-8-19(18)21/h3-4,8-9,16-17,20,22-24,35H,5-7,10-15,30-31H2,1-2H3,(H,36,39)(H,37,41)(H,38,40)(H,42,43)(H4,32,33,34). The fourth-order valence-corrected chi connectivity index (χ4v) is 4.68. The van der Waals surface area contributed by atoms with Crippen molar-refractivity contribution in [2.75, 3.05) is 13.1 Å². The minimum Gasteiger partial charge on any atom is -0.480 e. The summed E-state index contributed by atoms with van der Waals surface area (Å²) >= 11 is 0. The molecule has 1 aromatic heterocycles. The van der Waals surface area contributed by atoms with Crippen LogP contribution < -0.4 is 38.9 Å². The first kappa shape index (κ1) is 35.0. The molecule has 0 saturated heterocycles. The van der Waals surface area contributed by atoms with Crippen molar-refractivity contribution in [2.45, 2.75) is 83.0 Å². The lowest BCUT2D eigenvalue weighted by molar-refractivity contribution is -0.142. The van der Waals surface area contributed by atoms with Crippen molar-refractivity contribution in [3.05, 3.63) is 36.0 Å². The first-order valence-electron chi connectivity index (χ1n) is 14.6. The number of hydrogen-bond donors (Lipinski definition) is 9. The number of aromatic nitrogens is 1. The van der Waals surface area contributed by atoms with E-state index in [1.165, 1.54) is 0 Å². The van der Waals surface area contributed by atoms with Crippen LogP contribution in [-0.2, 0) is 25.6 Å². The van der Waals surface area contributed by atoms with E-state index in [0.717, 1.165) is 16.5 Å². The molecule has 4 unspecified atom stereocenters. The van der Waals surface area contributed by atoms with Gasteiger partial charge >= 0.3 is 5.97 Å². The summed E-state index contributed by atoms with van der Waals surface area (Å²) in [6.07, 6.45) is 4.16. The number of carboxylic acids is 1. The third kappa shape index (κ3) is 11.9. The number of nitrogens with one attached hydrogen (secondary N) is 4. The van der Waals surface area contributed by atoms with Crippen LogP contribution in [0.25, 0.3) is 10.9 Å². The largest absolute Gasteiger partial charge is 0.480 e. The molecule has 238 valence electrons. The molecule has 0 aliphatic heterocycles. The van der Waals surface area contributed by atoms with Gasteiger partial charge in [-0.05, 0) is 69.0 Å². The van der Waals surface area contributed by atoms with Crippen LogP contribution >= 0.6 is 0 Å². The summed E-state index contributed by atoms with van der Waals surface area (Å²) in [4.78, 5) is 58.6. The lowest BCUT2D eigenvalue weighted by atomic mass is 10.0. The number of nitrogens with zero attached hydrogens (tertiary/aromatic N) is 1. The second-order valence-corrected chi connectivity index (χ2v) is 11.1. The van der Waals surface area contributed by atoms with Gasteiger partial charge in [-0.1, -0.05) is 32.0 Å². The molecule has 0 aliphatic carbocycles. The van der Waals surface area contributed by atoms with Gasteiger partial charge < -0.3 is 49.0 Å². The van der Waals surface area contributed by atoms with Gasteiger partial charge in [0, 0.05) is 23.6 Å². The maximum Gasteiger partial charge on any atom is 0.326 e. The maximum absolute atomic E-state index is 13.5. The number of nitrogens with two attached hydrogens (primary N) is 4. The number of carbonyl (C=O) groups excluding carboxylic acids is 3. The number of unbranched alkanes of at least 4 members (excludes halogenated alkanes) is 1. The maximum atomic E-state index is 13.5. The van der Waals surface area contributed by atoms with E-state index < -0.39 is 47.9 Å². The third-order valence-electron chi connectivity index (χ3n) is 6.93. The van der Waals surface area contributed by atoms with Crippen molar-refractivity contribution in [3.8, 4) is 0 Å². The SMILES string of the molecule is CC(C)CC(NC(=O)C(CCCN=C(N)N)NC(=O)C(N)Cc1c[nH]c2ccccc12)C(=O)NC(CCCCN)C(=O)O. The highest BCUT2D eigenvalue weighted by Gasteiger charge is 2.30. The summed E-state index contributed by atoms with van der Waals surface area (Å²) in [7, 11) is 0. The predicted molar refractivity (Wildman–Crippen MR) is 166 cm³/mol. The van der Waals surface area contributed by atoms with Gasteiger partial charge in [-0.15, -0.1) is 0 Å². The number of aliphatic carboxylic acids is 1. The first-order valence-corrected chi connectivity index (χ1v) is 14.6. The van der Waals surface area contributed by atoms with Gasteiger partial charge in [0.15, 0.2) is 5.96 Å². The van der Waals surface area contributed by atoms with Gasteiger partial charge in [-0.3, -0.25) is 19.4 Å². The molecule has 2 rings (SSSR count). The molecule has 0 aliphatic rings. The molecular weight excluding hydrogens is 554 g/mol. The molecule has 1 heterocycles. The fraction of sp³-hybridized carbons (Fsp3) is 0.552. The molecule has 0 radical (unpaired) electrons. The van der Waals surface area contributed by atoms with Gasteiger partial charge in [-0.25, -0.2) is 4.79 Å². The molecule has 3 amide bonds. The van der Waals surface area contributed by atoms with E-state index in [9.17, 15) is 24.3 Å². The molecule has 2 aromatic rings. The second kappa shape index (κ2) is 17.7. The smallest absolute Gasteiger partial charge is 0.326 e. The highest BCUT2D eigenvalue weighted by Crippen LogP contribution is 2.19. The van der Waals surface area contributed by atoms with E-state index in [1.807, 2.05) is 38.1 Å². The number of aliphatic imine (C=N–C) groups is 1. The lowest BCUT2D eigenvalue weighted by Gasteiger charge is -2.26. The number of carboxylic acid groups (broad SMARTS) is 1. The number of para-hydroxylation sites is 1. The van der Waals surface area contributed by atoms with Crippen molar-refractivity contribution in [2.24, 2.45) is 33.8 Å². The molecule has 4 atom stereocenters. The molecule has 1 aromatic carbocycles. The van der Waals surface area contributed by atoms with E-state index in [2.05, 4.69) is 25.9 Å². The first-order chi connectivity index (χ1) is 20.4. The monoisotopic (exact) mass is 601 g/mol. The van der Waals surface area contributed by atoms with Crippen LogP contribution in [0.2, 0.25) is 0 Å². The Kier molecular flexibility index (Phi) is 14.4. The zero-order chi connectivity index (χ0) is 31.9. The zero-order valence-corrected chi connectivity index (χ0v) is 25.0. The average molecular weight is 602 g/mol. The van der Waals surface area contributed by atoms with Gasteiger partial charge in [0.2, 0.25) is 17.7 Å². The van der Waals surface area contributed by atoms with Crippen LogP contribution in [-0.4, -0.2) is 77.0 Å². The normalized spacial score (nSPS) is 14.0. The Morgan fingerprint density at radius 2 is 1.53 bits per heavy atom. The number of carbonyl (C=O) groups is 4. The van der Waals surface area contributed by atoms with Crippen LogP contribution in [0.1, 0.15) is 57.9 Å². The number of hydrogen-bond acceptors (Lipinski definition) is 7. The van der Waals surface area contributed by atoms with E-state index in [0.29, 0.717) is 25.8 Å². The Morgan fingerprint density at radius 1 is 0.907 bits per heavy atom. The number of H-pyrrole nitrogens is 1. The Hall–Kier alpha value is -4.17. The van der Waals surface area contributed by atoms with Gasteiger partial charge in [-0.2, -0.15) is 0 Å². The molecule has 14 heteroatoms. The van der Waals surface area contributed by atoms with Crippen molar-refractivity contribution >= 4 is 40.6 Å². The topological polar surface area (TPSA) is 257 Å². The summed E-state index contributed by atoms with van der Waals surface area (Å²) in [5, 5.41) is 18.5. The molecule has 43 heavy (non-hydrogen) atoms. The van der Waals surface area contributed by atoms with Crippen molar-refractivity contribution in [1.82, 2.24) is 20.9 Å². The van der Waals surface area contributed by atoms with Crippen LogP contribution in [0.3, 0.4) is 0 Å². The Labute approximate surface area is 251 Å². The number of benzene rings is 1. The Bertz CT molecular complexity index is 1240. The number of amides is 3. The van der Waals surface area contributed by atoms with Crippen LogP contribution in [0, 0.1) is 5.92 Å². The fourth-order valence-electron chi connectivity index (χ4n) is 4.68. The summed E-state index contributed by atoms with van der Waals surface area (Å²) in [6.45, 7) is 4.39.